The highest BCUT2D eigenvalue weighted by atomic mass is 35.5. The molecule has 0 aromatic carbocycles. The highest BCUT2D eigenvalue weighted by Gasteiger charge is 2.20. The number of hydrogen-bond donors (Lipinski definition) is 1. The van der Waals surface area contributed by atoms with Gasteiger partial charge in [0.05, 0.1) is 4.34 Å². The number of hydrogen-bond acceptors (Lipinski definition) is 3. The third-order valence-corrected chi connectivity index (χ3v) is 3.98. The van der Waals surface area contributed by atoms with E-state index in [0.29, 0.717) is 0 Å². The molecule has 2 rings (SSSR count). The maximum atomic E-state index is 5.91. The second-order valence-corrected chi connectivity index (χ2v) is 6.58. The van der Waals surface area contributed by atoms with Crippen molar-refractivity contribution >= 4 is 22.9 Å². The predicted molar refractivity (Wildman–Crippen MR) is 75.8 cm³/mol. The quantitative estimate of drug-likeness (QED) is 0.766. The van der Waals surface area contributed by atoms with E-state index in [9.17, 15) is 0 Å². The van der Waals surface area contributed by atoms with Gasteiger partial charge in [0, 0.05) is 30.6 Å². The molecule has 0 aliphatic heterocycles. The molecule has 1 aromatic heterocycles. The van der Waals surface area contributed by atoms with E-state index >= 15 is 0 Å². The van der Waals surface area contributed by atoms with Crippen LogP contribution in [0, 0.1) is 0 Å². The van der Waals surface area contributed by atoms with Gasteiger partial charge in [-0.3, -0.25) is 4.90 Å². The number of nitrogens with one attached hydrogen (secondary N) is 1. The Morgan fingerprint density at radius 2 is 2.35 bits per heavy atom. The fourth-order valence-electron chi connectivity index (χ4n) is 1.77. The molecular weight excluding hydrogens is 252 g/mol. The smallest absolute Gasteiger partial charge is 0.0931 e. The summed E-state index contributed by atoms with van der Waals surface area (Å²) in [5.41, 5.74) is 1.25. The van der Waals surface area contributed by atoms with E-state index in [1.807, 2.05) is 6.07 Å². The Bertz CT molecular complexity index is 385. The van der Waals surface area contributed by atoms with E-state index in [1.54, 1.807) is 11.3 Å². The molecule has 94 valence electrons. The number of halogens is 1. The van der Waals surface area contributed by atoms with Crippen LogP contribution in [0.2, 0.25) is 4.34 Å². The third-order valence-electron chi connectivity index (χ3n) is 2.77. The van der Waals surface area contributed by atoms with Crippen LogP contribution in [0.15, 0.2) is 24.3 Å². The molecule has 1 aliphatic carbocycles. The number of thiophene rings is 1. The Morgan fingerprint density at radius 3 is 2.94 bits per heavy atom. The number of nitrogens with zero attached hydrogens (tertiary/aromatic N) is 1. The zero-order valence-electron chi connectivity index (χ0n) is 10.2. The zero-order chi connectivity index (χ0) is 12.3. The van der Waals surface area contributed by atoms with Crippen molar-refractivity contribution < 1.29 is 0 Å². The van der Waals surface area contributed by atoms with Crippen LogP contribution in [0.25, 0.3) is 0 Å². The first kappa shape index (κ1) is 13.1. The molecule has 0 bridgehead atoms. The molecule has 0 unspecified atom stereocenters. The maximum absolute atomic E-state index is 5.91. The lowest BCUT2D eigenvalue weighted by Crippen LogP contribution is -2.26. The maximum Gasteiger partial charge on any atom is 0.0931 e. The Hall–Kier alpha value is -0.350. The van der Waals surface area contributed by atoms with Gasteiger partial charge in [-0.2, -0.15) is 0 Å². The molecule has 1 aromatic rings. The fourth-order valence-corrected chi connectivity index (χ4v) is 2.94. The minimum atomic E-state index is 0.758. The van der Waals surface area contributed by atoms with Gasteiger partial charge in [-0.1, -0.05) is 18.2 Å². The summed E-state index contributed by atoms with van der Waals surface area (Å²) in [4.78, 5) is 3.58. The van der Waals surface area contributed by atoms with Crippen molar-refractivity contribution in [1.82, 2.24) is 10.2 Å². The lowest BCUT2D eigenvalue weighted by Gasteiger charge is -2.17. The molecular formula is C13H19ClN2S. The standard InChI is InChI=1S/C13H19ClN2S/c1-10(7-15-11-3-4-11)8-16(2)9-12-5-6-13(14)17-12/h5-6,11,15H,1,3-4,7-9H2,2H3. The number of likely N-dealkylation sites (N-methyl/N-ethyl adjacent to an activating group) is 1. The Balaban J connectivity index is 1.68. The topological polar surface area (TPSA) is 15.3 Å². The van der Waals surface area contributed by atoms with Gasteiger partial charge in [0.25, 0.3) is 0 Å². The first-order valence-corrected chi connectivity index (χ1v) is 7.15. The average molecular weight is 271 g/mol. The summed E-state index contributed by atoms with van der Waals surface area (Å²) in [6, 6.07) is 4.81. The van der Waals surface area contributed by atoms with Gasteiger partial charge in [-0.15, -0.1) is 11.3 Å². The highest BCUT2D eigenvalue weighted by molar-refractivity contribution is 7.16. The first-order chi connectivity index (χ1) is 8.13. The summed E-state index contributed by atoms with van der Waals surface area (Å²) in [5, 5.41) is 3.48. The van der Waals surface area contributed by atoms with E-state index < -0.39 is 0 Å². The van der Waals surface area contributed by atoms with Crippen LogP contribution < -0.4 is 5.32 Å². The van der Waals surface area contributed by atoms with Crippen LogP contribution in [0.3, 0.4) is 0 Å². The van der Waals surface area contributed by atoms with Crippen LogP contribution in [0.1, 0.15) is 17.7 Å². The van der Waals surface area contributed by atoms with Gasteiger partial charge in [-0.25, -0.2) is 0 Å². The van der Waals surface area contributed by atoms with Gasteiger partial charge in [0.15, 0.2) is 0 Å². The van der Waals surface area contributed by atoms with Crippen LogP contribution in [0.5, 0.6) is 0 Å². The summed E-state index contributed by atoms with van der Waals surface area (Å²) < 4.78 is 0.864. The summed E-state index contributed by atoms with van der Waals surface area (Å²) in [7, 11) is 2.12. The monoisotopic (exact) mass is 270 g/mol. The molecule has 0 saturated heterocycles. The molecule has 0 spiro atoms. The molecule has 1 N–H and O–H groups in total. The first-order valence-electron chi connectivity index (χ1n) is 5.96. The van der Waals surface area contributed by atoms with Crippen LogP contribution in [-0.2, 0) is 6.54 Å². The van der Waals surface area contributed by atoms with Crippen molar-refractivity contribution in [2.75, 3.05) is 20.1 Å². The van der Waals surface area contributed by atoms with Crippen LogP contribution in [0.4, 0.5) is 0 Å². The Morgan fingerprint density at radius 1 is 1.59 bits per heavy atom. The number of rotatable bonds is 7. The van der Waals surface area contributed by atoms with Gasteiger partial charge < -0.3 is 5.32 Å². The zero-order valence-corrected chi connectivity index (χ0v) is 11.8. The summed E-state index contributed by atoms with van der Waals surface area (Å²) in [6.45, 7) is 6.94. The fraction of sp³-hybridized carbons (Fsp3) is 0.538. The van der Waals surface area contributed by atoms with Crippen LogP contribution >= 0.6 is 22.9 Å². The van der Waals surface area contributed by atoms with Gasteiger partial charge in [-0.05, 0) is 37.6 Å². The van der Waals surface area contributed by atoms with Gasteiger partial charge in [0.2, 0.25) is 0 Å². The Kier molecular flexibility index (Phi) is 4.62. The van der Waals surface area contributed by atoms with Gasteiger partial charge >= 0.3 is 0 Å². The largest absolute Gasteiger partial charge is 0.310 e. The van der Waals surface area contributed by atoms with Crippen LogP contribution in [-0.4, -0.2) is 31.1 Å². The molecule has 0 atom stereocenters. The summed E-state index contributed by atoms with van der Waals surface area (Å²) >= 11 is 7.56. The van der Waals surface area contributed by atoms with E-state index in [-0.39, 0.29) is 0 Å². The predicted octanol–water partition coefficient (Wildman–Crippen LogP) is 3.14. The van der Waals surface area contributed by atoms with Crippen molar-refractivity contribution in [2.45, 2.75) is 25.4 Å². The van der Waals surface area contributed by atoms with E-state index in [0.717, 1.165) is 30.0 Å². The molecule has 0 radical (unpaired) electrons. The molecule has 2 nitrogen and oxygen atoms in total. The third kappa shape index (κ3) is 4.80. The second-order valence-electron chi connectivity index (χ2n) is 4.78. The van der Waals surface area contributed by atoms with E-state index in [4.69, 9.17) is 11.6 Å². The van der Waals surface area contributed by atoms with E-state index in [1.165, 1.54) is 23.3 Å². The molecule has 17 heavy (non-hydrogen) atoms. The molecule has 1 saturated carbocycles. The second kappa shape index (κ2) is 6.01. The molecule has 1 fully saturated rings. The molecule has 1 heterocycles. The van der Waals surface area contributed by atoms with Crippen molar-refractivity contribution in [3.8, 4) is 0 Å². The minimum absolute atomic E-state index is 0.758. The summed E-state index contributed by atoms with van der Waals surface area (Å²) in [6.07, 6.45) is 2.66. The minimum Gasteiger partial charge on any atom is -0.310 e. The lowest BCUT2D eigenvalue weighted by atomic mass is 10.2. The molecule has 4 heteroatoms. The van der Waals surface area contributed by atoms with Crippen molar-refractivity contribution in [1.29, 1.82) is 0 Å². The summed E-state index contributed by atoms with van der Waals surface area (Å²) in [5.74, 6) is 0. The Labute approximate surface area is 112 Å². The van der Waals surface area contributed by atoms with E-state index in [2.05, 4.69) is 29.9 Å². The average Bonchev–Trinajstić information content (AvgIpc) is 3.00. The van der Waals surface area contributed by atoms with Gasteiger partial charge in [0.1, 0.15) is 0 Å². The van der Waals surface area contributed by atoms with Crippen molar-refractivity contribution in [3.05, 3.63) is 33.5 Å². The van der Waals surface area contributed by atoms with Crippen molar-refractivity contribution in [2.24, 2.45) is 0 Å². The SMILES string of the molecule is C=C(CNC1CC1)CN(C)Cc1ccc(Cl)s1. The lowest BCUT2D eigenvalue weighted by molar-refractivity contribution is 0.355. The normalized spacial score (nSPS) is 15.5. The van der Waals surface area contributed by atoms with Crippen molar-refractivity contribution in [3.63, 3.8) is 0 Å². The molecule has 1 aliphatic rings. The highest BCUT2D eigenvalue weighted by Crippen LogP contribution is 2.22. The molecule has 0 amide bonds.